The van der Waals surface area contributed by atoms with Crippen LogP contribution >= 0.6 is 0 Å². The number of rotatable bonds is 7. The standard InChI is InChI=1S/C16H26N2O/c1-3-18-12-4-5-15(18)13-17-11-10-14-6-8-16(19-2)9-7-14/h6-9,15,17H,3-5,10-13H2,1-2H3. The van der Waals surface area contributed by atoms with Crippen molar-refractivity contribution in [3.8, 4) is 5.75 Å². The lowest BCUT2D eigenvalue weighted by atomic mass is 10.1. The summed E-state index contributed by atoms with van der Waals surface area (Å²) in [5.74, 6) is 0.932. The van der Waals surface area contributed by atoms with Gasteiger partial charge in [-0.25, -0.2) is 0 Å². The lowest BCUT2D eigenvalue weighted by Crippen LogP contribution is -2.38. The minimum atomic E-state index is 0.751. The molecule has 3 heteroatoms. The average molecular weight is 262 g/mol. The summed E-state index contributed by atoms with van der Waals surface area (Å²) in [6, 6.07) is 9.11. The molecular formula is C16H26N2O. The number of hydrogen-bond acceptors (Lipinski definition) is 3. The molecule has 1 unspecified atom stereocenters. The van der Waals surface area contributed by atoms with Gasteiger partial charge in [-0.3, -0.25) is 4.90 Å². The maximum Gasteiger partial charge on any atom is 0.118 e. The second kappa shape index (κ2) is 7.51. The summed E-state index contributed by atoms with van der Waals surface area (Å²) in [6.07, 6.45) is 3.80. The molecule has 1 saturated heterocycles. The third-order valence-electron chi connectivity index (χ3n) is 4.03. The van der Waals surface area contributed by atoms with E-state index in [4.69, 9.17) is 4.74 Å². The van der Waals surface area contributed by atoms with Crippen molar-refractivity contribution in [1.82, 2.24) is 10.2 Å². The first-order valence-corrected chi connectivity index (χ1v) is 7.41. The molecule has 1 atom stereocenters. The van der Waals surface area contributed by atoms with E-state index in [2.05, 4.69) is 29.3 Å². The number of likely N-dealkylation sites (tertiary alicyclic amines) is 1. The summed E-state index contributed by atoms with van der Waals surface area (Å²) in [6.45, 7) is 6.91. The summed E-state index contributed by atoms with van der Waals surface area (Å²) in [7, 11) is 1.71. The molecular weight excluding hydrogens is 236 g/mol. The van der Waals surface area contributed by atoms with Crippen LogP contribution in [-0.4, -0.2) is 44.2 Å². The molecule has 19 heavy (non-hydrogen) atoms. The molecule has 0 aromatic heterocycles. The van der Waals surface area contributed by atoms with Crippen molar-refractivity contribution in [2.45, 2.75) is 32.2 Å². The van der Waals surface area contributed by atoms with E-state index in [-0.39, 0.29) is 0 Å². The van der Waals surface area contributed by atoms with Crippen LogP contribution in [0, 0.1) is 0 Å². The first-order chi connectivity index (χ1) is 9.33. The van der Waals surface area contributed by atoms with Gasteiger partial charge in [0.15, 0.2) is 0 Å². The molecule has 1 fully saturated rings. The fourth-order valence-electron chi connectivity index (χ4n) is 2.84. The number of benzene rings is 1. The van der Waals surface area contributed by atoms with E-state index in [0.717, 1.165) is 31.3 Å². The third-order valence-corrected chi connectivity index (χ3v) is 4.03. The zero-order valence-electron chi connectivity index (χ0n) is 12.2. The van der Waals surface area contributed by atoms with E-state index in [9.17, 15) is 0 Å². The second-order valence-electron chi connectivity index (χ2n) is 5.23. The van der Waals surface area contributed by atoms with Crippen LogP contribution in [0.2, 0.25) is 0 Å². The highest BCUT2D eigenvalue weighted by atomic mass is 16.5. The molecule has 1 aromatic rings. The minimum absolute atomic E-state index is 0.751. The highest BCUT2D eigenvalue weighted by molar-refractivity contribution is 5.27. The molecule has 0 radical (unpaired) electrons. The molecule has 1 aliphatic heterocycles. The third kappa shape index (κ3) is 4.22. The Balaban J connectivity index is 1.66. The number of methoxy groups -OCH3 is 1. The van der Waals surface area contributed by atoms with Crippen LogP contribution in [0.1, 0.15) is 25.3 Å². The Morgan fingerprint density at radius 3 is 2.79 bits per heavy atom. The normalized spacial score (nSPS) is 19.8. The lowest BCUT2D eigenvalue weighted by Gasteiger charge is -2.22. The molecule has 0 bridgehead atoms. The molecule has 1 aliphatic rings. The molecule has 0 saturated carbocycles. The first kappa shape index (κ1) is 14.4. The number of nitrogens with zero attached hydrogens (tertiary/aromatic N) is 1. The largest absolute Gasteiger partial charge is 0.497 e. The summed E-state index contributed by atoms with van der Waals surface area (Å²) in [5.41, 5.74) is 1.37. The topological polar surface area (TPSA) is 24.5 Å². The Bertz CT molecular complexity index is 364. The van der Waals surface area contributed by atoms with Crippen LogP contribution in [0.3, 0.4) is 0 Å². The van der Waals surface area contributed by atoms with Crippen LogP contribution in [0.25, 0.3) is 0 Å². The Hall–Kier alpha value is -1.06. The zero-order valence-corrected chi connectivity index (χ0v) is 12.2. The van der Waals surface area contributed by atoms with Gasteiger partial charge >= 0.3 is 0 Å². The van der Waals surface area contributed by atoms with Crippen molar-refractivity contribution in [2.75, 3.05) is 33.3 Å². The fourth-order valence-corrected chi connectivity index (χ4v) is 2.84. The van der Waals surface area contributed by atoms with Crippen LogP contribution in [0.15, 0.2) is 24.3 Å². The average Bonchev–Trinajstić information content (AvgIpc) is 2.91. The van der Waals surface area contributed by atoms with E-state index in [0.29, 0.717) is 0 Å². The lowest BCUT2D eigenvalue weighted by molar-refractivity contribution is 0.260. The van der Waals surface area contributed by atoms with Gasteiger partial charge in [-0.2, -0.15) is 0 Å². The number of ether oxygens (including phenoxy) is 1. The molecule has 1 aromatic carbocycles. The van der Waals surface area contributed by atoms with E-state index in [1.807, 2.05) is 12.1 Å². The molecule has 2 rings (SSSR count). The van der Waals surface area contributed by atoms with Gasteiger partial charge in [0.25, 0.3) is 0 Å². The fraction of sp³-hybridized carbons (Fsp3) is 0.625. The van der Waals surface area contributed by atoms with Crippen LogP contribution in [0.5, 0.6) is 5.75 Å². The monoisotopic (exact) mass is 262 g/mol. The van der Waals surface area contributed by atoms with Gasteiger partial charge < -0.3 is 10.1 Å². The molecule has 0 spiro atoms. The predicted octanol–water partition coefficient (Wildman–Crippen LogP) is 2.31. The van der Waals surface area contributed by atoms with Crippen LogP contribution < -0.4 is 10.1 Å². The first-order valence-electron chi connectivity index (χ1n) is 7.41. The summed E-state index contributed by atoms with van der Waals surface area (Å²) >= 11 is 0. The molecule has 1 N–H and O–H groups in total. The summed E-state index contributed by atoms with van der Waals surface area (Å²) in [4.78, 5) is 2.58. The van der Waals surface area contributed by atoms with E-state index < -0.39 is 0 Å². The number of hydrogen-bond donors (Lipinski definition) is 1. The second-order valence-corrected chi connectivity index (χ2v) is 5.23. The van der Waals surface area contributed by atoms with Crippen LogP contribution in [0.4, 0.5) is 0 Å². The summed E-state index contributed by atoms with van der Waals surface area (Å²) < 4.78 is 5.17. The Labute approximate surface area is 116 Å². The molecule has 1 heterocycles. The maximum absolute atomic E-state index is 5.17. The quantitative estimate of drug-likeness (QED) is 0.763. The smallest absolute Gasteiger partial charge is 0.118 e. The van der Waals surface area contributed by atoms with Crippen LogP contribution in [-0.2, 0) is 6.42 Å². The molecule has 0 amide bonds. The van der Waals surface area contributed by atoms with Crippen molar-refractivity contribution in [3.05, 3.63) is 29.8 Å². The minimum Gasteiger partial charge on any atom is -0.497 e. The van der Waals surface area contributed by atoms with Gasteiger partial charge in [-0.1, -0.05) is 19.1 Å². The Kier molecular flexibility index (Phi) is 5.67. The summed E-state index contributed by atoms with van der Waals surface area (Å²) in [5, 5.41) is 3.60. The number of likely N-dealkylation sites (N-methyl/N-ethyl adjacent to an activating group) is 1. The van der Waals surface area contributed by atoms with Gasteiger partial charge in [0.05, 0.1) is 7.11 Å². The van der Waals surface area contributed by atoms with Gasteiger partial charge in [0, 0.05) is 12.6 Å². The maximum atomic E-state index is 5.17. The predicted molar refractivity (Wildman–Crippen MR) is 79.8 cm³/mol. The highest BCUT2D eigenvalue weighted by Gasteiger charge is 2.21. The van der Waals surface area contributed by atoms with Gasteiger partial charge in [0.2, 0.25) is 0 Å². The molecule has 3 nitrogen and oxygen atoms in total. The zero-order chi connectivity index (χ0) is 13.5. The van der Waals surface area contributed by atoms with Crippen molar-refractivity contribution in [1.29, 1.82) is 0 Å². The molecule has 0 aliphatic carbocycles. The highest BCUT2D eigenvalue weighted by Crippen LogP contribution is 2.15. The van der Waals surface area contributed by atoms with Crippen molar-refractivity contribution < 1.29 is 4.74 Å². The van der Waals surface area contributed by atoms with E-state index in [1.165, 1.54) is 31.5 Å². The number of nitrogens with one attached hydrogen (secondary N) is 1. The van der Waals surface area contributed by atoms with Crippen molar-refractivity contribution in [3.63, 3.8) is 0 Å². The van der Waals surface area contributed by atoms with Gasteiger partial charge in [-0.05, 0) is 56.6 Å². The van der Waals surface area contributed by atoms with Crippen molar-refractivity contribution in [2.24, 2.45) is 0 Å². The van der Waals surface area contributed by atoms with E-state index in [1.54, 1.807) is 7.11 Å². The van der Waals surface area contributed by atoms with Crippen molar-refractivity contribution >= 4 is 0 Å². The Morgan fingerprint density at radius 1 is 1.32 bits per heavy atom. The van der Waals surface area contributed by atoms with Gasteiger partial charge in [0.1, 0.15) is 5.75 Å². The van der Waals surface area contributed by atoms with Gasteiger partial charge in [-0.15, -0.1) is 0 Å². The van der Waals surface area contributed by atoms with E-state index >= 15 is 0 Å². The molecule has 106 valence electrons. The Morgan fingerprint density at radius 2 is 2.11 bits per heavy atom. The SMILES string of the molecule is CCN1CCCC1CNCCc1ccc(OC)cc1.